The standard InChI is InChI=1S/C23H27F3N2S/c1-4-5-12-27-22-21(16(2)15-29-22)17(3)28-13-6-7-19(14-28)18-8-10-20(11-9-18)23(24,25)26/h5,8-12,15,19H,4,6-7,13-14H2,1-3H3/b12-5+,21-17+,27-22-. The molecule has 2 heterocycles. The van der Waals surface area contributed by atoms with E-state index in [0.29, 0.717) is 0 Å². The number of likely N-dealkylation sites (tertiary alicyclic amines) is 1. The van der Waals surface area contributed by atoms with Gasteiger partial charge in [0, 0.05) is 36.5 Å². The maximum Gasteiger partial charge on any atom is 0.416 e. The summed E-state index contributed by atoms with van der Waals surface area (Å²) < 4.78 is 38.5. The third kappa shape index (κ3) is 5.16. The molecule has 3 rings (SSSR count). The maximum atomic E-state index is 12.8. The van der Waals surface area contributed by atoms with E-state index in [1.54, 1.807) is 23.9 Å². The quantitative estimate of drug-likeness (QED) is 0.515. The Morgan fingerprint density at radius 2 is 2.00 bits per heavy atom. The topological polar surface area (TPSA) is 15.6 Å². The second-order valence-corrected chi connectivity index (χ2v) is 8.37. The van der Waals surface area contributed by atoms with Crippen molar-refractivity contribution in [1.82, 2.24) is 4.90 Å². The molecule has 29 heavy (non-hydrogen) atoms. The van der Waals surface area contributed by atoms with E-state index in [9.17, 15) is 13.2 Å². The van der Waals surface area contributed by atoms with Crippen LogP contribution >= 0.6 is 11.8 Å². The van der Waals surface area contributed by atoms with Crippen LogP contribution < -0.4 is 0 Å². The first-order valence-corrected chi connectivity index (χ1v) is 10.9. The molecule has 1 aromatic carbocycles. The Hall–Kier alpha value is -1.95. The van der Waals surface area contributed by atoms with Gasteiger partial charge < -0.3 is 4.90 Å². The van der Waals surface area contributed by atoms with Crippen molar-refractivity contribution < 1.29 is 13.2 Å². The minimum Gasteiger partial charge on any atom is -0.374 e. The summed E-state index contributed by atoms with van der Waals surface area (Å²) in [6.45, 7) is 8.10. The van der Waals surface area contributed by atoms with Crippen LogP contribution in [0.25, 0.3) is 0 Å². The van der Waals surface area contributed by atoms with Crippen molar-refractivity contribution in [2.75, 3.05) is 13.1 Å². The van der Waals surface area contributed by atoms with Crippen molar-refractivity contribution in [1.29, 1.82) is 0 Å². The van der Waals surface area contributed by atoms with Gasteiger partial charge in [-0.25, -0.2) is 4.99 Å². The molecule has 0 N–H and O–H groups in total. The zero-order chi connectivity index (χ0) is 21.0. The molecule has 0 saturated carbocycles. The predicted octanol–water partition coefficient (Wildman–Crippen LogP) is 7.13. The number of aliphatic imine (C=N–C) groups is 1. The molecule has 0 aliphatic carbocycles. The van der Waals surface area contributed by atoms with E-state index in [0.717, 1.165) is 43.0 Å². The SMILES string of the molecule is CC/C=C/N=C1\SC=C(C)\C1=C(\C)N1CCCC(c2ccc(C(F)(F)F)cc2)C1. The van der Waals surface area contributed by atoms with E-state index >= 15 is 0 Å². The lowest BCUT2D eigenvalue weighted by Gasteiger charge is -2.36. The Kier molecular flexibility index (Phi) is 6.93. The van der Waals surface area contributed by atoms with E-state index in [2.05, 4.69) is 36.1 Å². The molecular formula is C23H27F3N2S. The summed E-state index contributed by atoms with van der Waals surface area (Å²) in [5.74, 6) is 0.236. The van der Waals surface area contributed by atoms with Crippen LogP contribution in [-0.4, -0.2) is 23.0 Å². The van der Waals surface area contributed by atoms with Crippen LogP contribution in [0.15, 0.2) is 63.8 Å². The van der Waals surface area contributed by atoms with Gasteiger partial charge in [-0.1, -0.05) is 36.9 Å². The molecule has 1 saturated heterocycles. The third-order valence-electron chi connectivity index (χ3n) is 5.46. The van der Waals surface area contributed by atoms with Crippen LogP contribution in [-0.2, 0) is 6.18 Å². The number of alkyl halides is 3. The van der Waals surface area contributed by atoms with Gasteiger partial charge in [-0.05, 0) is 61.8 Å². The third-order valence-corrected chi connectivity index (χ3v) is 6.46. The van der Waals surface area contributed by atoms with Gasteiger partial charge in [0.15, 0.2) is 0 Å². The first-order chi connectivity index (χ1) is 13.8. The van der Waals surface area contributed by atoms with Crippen LogP contribution in [0.1, 0.15) is 57.1 Å². The molecule has 0 amide bonds. The number of rotatable bonds is 4. The van der Waals surface area contributed by atoms with Gasteiger partial charge in [-0.15, -0.1) is 0 Å². The fraction of sp³-hybridized carbons (Fsp3) is 0.435. The molecule has 2 aliphatic heterocycles. The molecule has 1 atom stereocenters. The molecule has 6 heteroatoms. The van der Waals surface area contributed by atoms with Crippen LogP contribution in [0, 0.1) is 0 Å². The van der Waals surface area contributed by atoms with Crippen molar-refractivity contribution >= 4 is 16.8 Å². The predicted molar refractivity (Wildman–Crippen MR) is 116 cm³/mol. The highest BCUT2D eigenvalue weighted by Crippen LogP contribution is 2.37. The van der Waals surface area contributed by atoms with Crippen LogP contribution in [0.5, 0.6) is 0 Å². The van der Waals surface area contributed by atoms with Gasteiger partial charge in [0.25, 0.3) is 0 Å². The Morgan fingerprint density at radius 1 is 1.28 bits per heavy atom. The zero-order valence-corrected chi connectivity index (χ0v) is 17.9. The number of hydrogen-bond donors (Lipinski definition) is 0. The van der Waals surface area contributed by atoms with E-state index in [1.165, 1.54) is 29.0 Å². The number of halogens is 3. The van der Waals surface area contributed by atoms with Crippen molar-refractivity contribution in [2.45, 2.75) is 52.1 Å². The highest BCUT2D eigenvalue weighted by molar-refractivity contribution is 8.17. The first-order valence-electron chi connectivity index (χ1n) is 10.0. The number of thioether (sulfide) groups is 1. The summed E-state index contributed by atoms with van der Waals surface area (Å²) in [6, 6.07) is 5.67. The van der Waals surface area contributed by atoms with Crippen LogP contribution in [0.2, 0.25) is 0 Å². The summed E-state index contributed by atoms with van der Waals surface area (Å²) >= 11 is 1.65. The molecule has 0 aromatic heterocycles. The van der Waals surface area contributed by atoms with Gasteiger partial charge in [0.1, 0.15) is 5.04 Å². The average Bonchev–Trinajstić information content (AvgIpc) is 3.07. The van der Waals surface area contributed by atoms with E-state index in [-0.39, 0.29) is 5.92 Å². The van der Waals surface area contributed by atoms with Gasteiger partial charge in [-0.3, -0.25) is 0 Å². The van der Waals surface area contributed by atoms with E-state index in [1.807, 2.05) is 12.3 Å². The minimum absolute atomic E-state index is 0.236. The van der Waals surface area contributed by atoms with Crippen molar-refractivity contribution in [3.05, 3.63) is 69.9 Å². The van der Waals surface area contributed by atoms with Gasteiger partial charge in [-0.2, -0.15) is 13.2 Å². The molecule has 1 unspecified atom stereocenters. The highest BCUT2D eigenvalue weighted by atomic mass is 32.2. The van der Waals surface area contributed by atoms with Gasteiger partial charge >= 0.3 is 6.18 Å². The Labute approximate surface area is 175 Å². The number of allylic oxidation sites excluding steroid dienone is 3. The van der Waals surface area contributed by atoms with E-state index in [4.69, 9.17) is 0 Å². The lowest BCUT2D eigenvalue weighted by Crippen LogP contribution is -2.34. The van der Waals surface area contributed by atoms with Crippen molar-refractivity contribution in [3.63, 3.8) is 0 Å². The molecule has 0 radical (unpaired) electrons. The van der Waals surface area contributed by atoms with Crippen LogP contribution in [0.3, 0.4) is 0 Å². The number of hydrogen-bond acceptors (Lipinski definition) is 3. The number of piperidine rings is 1. The smallest absolute Gasteiger partial charge is 0.374 e. The lowest BCUT2D eigenvalue weighted by atomic mass is 9.89. The highest BCUT2D eigenvalue weighted by Gasteiger charge is 2.31. The summed E-state index contributed by atoms with van der Waals surface area (Å²) in [5.41, 5.74) is 3.99. The molecule has 1 fully saturated rings. The zero-order valence-electron chi connectivity index (χ0n) is 17.1. The second-order valence-electron chi connectivity index (χ2n) is 7.51. The summed E-state index contributed by atoms with van der Waals surface area (Å²) in [4.78, 5) is 6.99. The average molecular weight is 421 g/mol. The van der Waals surface area contributed by atoms with E-state index < -0.39 is 11.7 Å². The Balaban J connectivity index is 1.80. The molecule has 0 bridgehead atoms. The summed E-state index contributed by atoms with van der Waals surface area (Å²) in [5, 5.41) is 3.15. The molecule has 0 spiro atoms. The number of nitrogens with zero attached hydrogens (tertiary/aromatic N) is 2. The lowest BCUT2D eigenvalue weighted by molar-refractivity contribution is -0.137. The molecular weight excluding hydrogens is 393 g/mol. The molecule has 2 nitrogen and oxygen atoms in total. The van der Waals surface area contributed by atoms with Crippen LogP contribution in [0.4, 0.5) is 13.2 Å². The molecule has 156 valence electrons. The second kappa shape index (κ2) is 9.24. The monoisotopic (exact) mass is 420 g/mol. The first kappa shape index (κ1) is 21.8. The molecule has 1 aromatic rings. The maximum absolute atomic E-state index is 12.8. The fourth-order valence-corrected chi connectivity index (χ4v) is 4.80. The van der Waals surface area contributed by atoms with Crippen molar-refractivity contribution in [3.8, 4) is 0 Å². The normalized spacial score (nSPS) is 23.8. The minimum atomic E-state index is -4.29. The Bertz CT molecular complexity index is 848. The summed E-state index contributed by atoms with van der Waals surface area (Å²) in [7, 11) is 0. The largest absolute Gasteiger partial charge is 0.416 e. The van der Waals surface area contributed by atoms with Gasteiger partial charge in [0.2, 0.25) is 0 Å². The Morgan fingerprint density at radius 3 is 2.66 bits per heavy atom. The van der Waals surface area contributed by atoms with Crippen molar-refractivity contribution in [2.24, 2.45) is 4.99 Å². The molecule has 2 aliphatic rings. The van der Waals surface area contributed by atoms with Gasteiger partial charge in [0.05, 0.1) is 5.56 Å². The summed E-state index contributed by atoms with van der Waals surface area (Å²) in [6.07, 6.45) is 2.58. The fourth-order valence-electron chi connectivity index (χ4n) is 3.85. The number of benzene rings is 1.